The number of rotatable bonds is 6. The summed E-state index contributed by atoms with van der Waals surface area (Å²) in [4.78, 5) is -0.439. The lowest BCUT2D eigenvalue weighted by molar-refractivity contribution is 0.344. The van der Waals surface area contributed by atoms with E-state index in [1.807, 2.05) is 6.92 Å². The molecule has 120 valence electrons. The summed E-state index contributed by atoms with van der Waals surface area (Å²) in [5.41, 5.74) is 0.414. The maximum absolute atomic E-state index is 11.7. The number of methoxy groups -OCH3 is 2. The first kappa shape index (κ1) is 17.6. The topological polar surface area (TPSA) is 95.9 Å². The van der Waals surface area contributed by atoms with Gasteiger partial charge in [-0.05, 0) is 18.8 Å². The van der Waals surface area contributed by atoms with Crippen LogP contribution in [0, 0.1) is 0 Å². The van der Waals surface area contributed by atoms with Crippen molar-refractivity contribution in [2.45, 2.75) is 44.4 Å². The molecule has 0 heterocycles. The van der Waals surface area contributed by atoms with Gasteiger partial charge in [0, 0.05) is 11.1 Å². The van der Waals surface area contributed by atoms with Gasteiger partial charge < -0.3 is 19.1 Å². The van der Waals surface area contributed by atoms with Crippen LogP contribution in [0.4, 0.5) is 0 Å². The molecule has 0 aliphatic heterocycles. The highest BCUT2D eigenvalue weighted by molar-refractivity contribution is 7.86. The van der Waals surface area contributed by atoms with Gasteiger partial charge in [-0.1, -0.05) is 20.8 Å². The van der Waals surface area contributed by atoms with Gasteiger partial charge in [-0.3, -0.25) is 0 Å². The second-order valence-electron chi connectivity index (χ2n) is 4.75. The Bertz CT molecular complexity index is 621. The summed E-state index contributed by atoms with van der Waals surface area (Å²) in [6.07, 6.45) is 0.877. The van der Waals surface area contributed by atoms with E-state index in [0.717, 1.165) is 0 Å². The molecule has 1 aromatic carbocycles. The van der Waals surface area contributed by atoms with Crippen LogP contribution in [-0.4, -0.2) is 32.3 Å². The average Bonchev–Trinajstić information content (AvgIpc) is 2.43. The van der Waals surface area contributed by atoms with E-state index in [-0.39, 0.29) is 34.3 Å². The summed E-state index contributed by atoms with van der Waals surface area (Å²) in [7, 11) is -2.18. The summed E-state index contributed by atoms with van der Waals surface area (Å²) >= 11 is 0. The van der Waals surface area contributed by atoms with Crippen LogP contribution in [0.15, 0.2) is 4.90 Å². The Morgan fingerprint density at radius 3 is 2.05 bits per heavy atom. The Morgan fingerprint density at radius 1 is 1.19 bits per heavy atom. The molecule has 0 amide bonds. The lowest BCUT2D eigenvalue weighted by atomic mass is 9.94. The standard InChI is InChI=1S/C14H22O6S/c1-6-8(3)10-13(20-5)11(15)9(7-2)12(19-4)14(10)21(16,17)18/h8,15H,6-7H2,1-5H3,(H,16,17,18)/p-1. The van der Waals surface area contributed by atoms with Crippen LogP contribution in [0.2, 0.25) is 0 Å². The van der Waals surface area contributed by atoms with E-state index in [4.69, 9.17) is 9.47 Å². The van der Waals surface area contributed by atoms with Gasteiger partial charge in [-0.15, -0.1) is 0 Å². The van der Waals surface area contributed by atoms with Crippen LogP contribution in [0.5, 0.6) is 17.2 Å². The zero-order valence-corrected chi connectivity index (χ0v) is 13.7. The molecular weight excluding hydrogens is 296 g/mol. The fourth-order valence-corrected chi connectivity index (χ4v) is 3.38. The Balaban J connectivity index is 4.04. The number of phenolic OH excluding ortho intramolecular Hbond substituents is 1. The Hall–Kier alpha value is -1.47. The Kier molecular flexibility index (Phi) is 5.47. The molecule has 7 heteroatoms. The molecule has 0 fully saturated rings. The summed E-state index contributed by atoms with van der Waals surface area (Å²) in [5, 5.41) is 10.3. The van der Waals surface area contributed by atoms with E-state index < -0.39 is 15.0 Å². The first-order chi connectivity index (χ1) is 9.74. The van der Waals surface area contributed by atoms with Crippen molar-refractivity contribution in [3.05, 3.63) is 11.1 Å². The summed E-state index contributed by atoms with van der Waals surface area (Å²) in [6.45, 7) is 5.33. The van der Waals surface area contributed by atoms with Crippen molar-refractivity contribution >= 4 is 10.1 Å². The number of ether oxygens (including phenoxy) is 2. The number of hydrogen-bond acceptors (Lipinski definition) is 6. The molecule has 0 radical (unpaired) electrons. The maximum Gasteiger partial charge on any atom is 0.165 e. The van der Waals surface area contributed by atoms with Gasteiger partial charge in [0.2, 0.25) is 0 Å². The molecule has 0 bridgehead atoms. The third-order valence-corrected chi connectivity index (χ3v) is 4.49. The van der Waals surface area contributed by atoms with Gasteiger partial charge in [0.1, 0.15) is 20.8 Å². The zero-order valence-electron chi connectivity index (χ0n) is 12.9. The third-order valence-electron chi connectivity index (χ3n) is 3.59. The molecule has 1 atom stereocenters. The fraction of sp³-hybridized carbons (Fsp3) is 0.571. The normalized spacial score (nSPS) is 13.0. The minimum atomic E-state index is -4.78. The fourth-order valence-electron chi connectivity index (χ4n) is 2.39. The van der Waals surface area contributed by atoms with Gasteiger partial charge in [-0.25, -0.2) is 8.42 Å². The molecular formula is C14H21O6S-. The molecule has 1 N–H and O–H groups in total. The van der Waals surface area contributed by atoms with Crippen LogP contribution >= 0.6 is 0 Å². The molecule has 0 aromatic heterocycles. The summed E-state index contributed by atoms with van der Waals surface area (Å²) < 4.78 is 45.5. The van der Waals surface area contributed by atoms with E-state index in [1.165, 1.54) is 14.2 Å². The van der Waals surface area contributed by atoms with Crippen molar-refractivity contribution in [1.29, 1.82) is 0 Å². The summed E-state index contributed by atoms with van der Waals surface area (Å²) in [5.74, 6) is -0.540. The first-order valence-corrected chi connectivity index (χ1v) is 8.10. The van der Waals surface area contributed by atoms with Crippen molar-refractivity contribution in [3.63, 3.8) is 0 Å². The highest BCUT2D eigenvalue weighted by Crippen LogP contribution is 2.49. The minimum Gasteiger partial charge on any atom is -0.744 e. The molecule has 21 heavy (non-hydrogen) atoms. The highest BCUT2D eigenvalue weighted by Gasteiger charge is 2.30. The molecule has 6 nitrogen and oxygen atoms in total. The Morgan fingerprint density at radius 2 is 1.71 bits per heavy atom. The van der Waals surface area contributed by atoms with Gasteiger partial charge in [0.05, 0.1) is 14.2 Å². The number of benzene rings is 1. The van der Waals surface area contributed by atoms with E-state index in [9.17, 15) is 18.1 Å². The van der Waals surface area contributed by atoms with Crippen molar-refractivity contribution < 1.29 is 27.6 Å². The monoisotopic (exact) mass is 317 g/mol. The molecule has 0 saturated carbocycles. The van der Waals surface area contributed by atoms with Crippen LogP contribution in [0.3, 0.4) is 0 Å². The van der Waals surface area contributed by atoms with Crippen molar-refractivity contribution in [2.75, 3.05) is 14.2 Å². The molecule has 1 aromatic rings. The largest absolute Gasteiger partial charge is 0.744 e. The van der Waals surface area contributed by atoms with Gasteiger partial charge in [0.15, 0.2) is 11.5 Å². The van der Waals surface area contributed by atoms with Crippen LogP contribution in [0.1, 0.15) is 44.2 Å². The molecule has 0 aliphatic carbocycles. The van der Waals surface area contributed by atoms with E-state index in [0.29, 0.717) is 12.8 Å². The van der Waals surface area contributed by atoms with Crippen molar-refractivity contribution in [2.24, 2.45) is 0 Å². The molecule has 0 spiro atoms. The predicted octanol–water partition coefficient (Wildman–Crippen LogP) is 2.39. The molecule has 1 rings (SSSR count). The lowest BCUT2D eigenvalue weighted by Crippen LogP contribution is -2.12. The molecule has 0 saturated heterocycles. The highest BCUT2D eigenvalue weighted by atomic mass is 32.2. The number of aromatic hydroxyl groups is 1. The van der Waals surface area contributed by atoms with Crippen molar-refractivity contribution in [3.8, 4) is 17.2 Å². The van der Waals surface area contributed by atoms with Gasteiger partial charge in [0.25, 0.3) is 0 Å². The maximum atomic E-state index is 11.7. The number of hydrogen-bond donors (Lipinski definition) is 1. The van der Waals surface area contributed by atoms with Crippen molar-refractivity contribution in [1.82, 2.24) is 0 Å². The summed E-state index contributed by atoms with van der Waals surface area (Å²) in [6, 6.07) is 0. The quantitative estimate of drug-likeness (QED) is 0.809. The Labute approximate surface area is 125 Å². The predicted molar refractivity (Wildman–Crippen MR) is 77.3 cm³/mol. The van der Waals surface area contributed by atoms with E-state index >= 15 is 0 Å². The second-order valence-corrected chi connectivity index (χ2v) is 6.07. The molecule has 0 aliphatic rings. The minimum absolute atomic E-state index is 0.0245. The van der Waals surface area contributed by atoms with E-state index in [1.54, 1.807) is 13.8 Å². The van der Waals surface area contributed by atoms with Gasteiger partial charge in [-0.2, -0.15) is 0 Å². The van der Waals surface area contributed by atoms with E-state index in [2.05, 4.69) is 0 Å². The third kappa shape index (κ3) is 3.08. The molecule has 1 unspecified atom stereocenters. The van der Waals surface area contributed by atoms with Crippen LogP contribution in [0.25, 0.3) is 0 Å². The average molecular weight is 317 g/mol. The SMILES string of the molecule is CCc1c(O)c(OC)c(C(C)CC)c(S(=O)(=O)[O-])c1OC. The van der Waals surface area contributed by atoms with Crippen LogP contribution < -0.4 is 9.47 Å². The number of phenols is 1. The van der Waals surface area contributed by atoms with Gasteiger partial charge >= 0.3 is 0 Å². The zero-order chi connectivity index (χ0) is 16.4. The lowest BCUT2D eigenvalue weighted by Gasteiger charge is -2.25. The van der Waals surface area contributed by atoms with Crippen LogP contribution in [-0.2, 0) is 16.5 Å². The first-order valence-electron chi connectivity index (χ1n) is 6.69. The smallest absolute Gasteiger partial charge is 0.165 e. The second kappa shape index (κ2) is 6.53.